The summed E-state index contributed by atoms with van der Waals surface area (Å²) in [6.45, 7) is -2.87. The van der Waals surface area contributed by atoms with Gasteiger partial charge >= 0.3 is 12.5 Å². The third-order valence-electron chi connectivity index (χ3n) is 4.73. The van der Waals surface area contributed by atoms with Gasteiger partial charge in [-0.05, 0) is 11.6 Å². The molecule has 0 aliphatic rings. The fraction of sp³-hybridized carbons (Fsp3) is 0.250. The highest BCUT2D eigenvalue weighted by atomic mass is 19.3. The molecule has 10 heteroatoms. The normalized spacial score (nSPS) is 11.4. The lowest BCUT2D eigenvalue weighted by Gasteiger charge is -2.24. The Labute approximate surface area is 195 Å². The number of carbonyl (C=O) groups excluding carboxylic acids is 2. The molecular formula is C24H23F2N5O3. The van der Waals surface area contributed by atoms with E-state index in [9.17, 15) is 18.4 Å². The molecule has 1 aromatic carbocycles. The second-order valence-electron chi connectivity index (χ2n) is 7.39. The Morgan fingerprint density at radius 2 is 1.88 bits per heavy atom. The number of nitrogens with zero attached hydrogens (tertiary/aromatic N) is 4. The van der Waals surface area contributed by atoms with Gasteiger partial charge in [-0.3, -0.25) is 14.6 Å². The van der Waals surface area contributed by atoms with E-state index in [0.717, 1.165) is 11.8 Å². The first-order chi connectivity index (χ1) is 16.4. The number of esters is 1. The SMILES string of the molecule is CN(C[C@H](Cc1ccccc1)OC(=O)CN)C(=O)c1cncc(C#Cc2cnn(C(F)F)c2)c1. The Balaban J connectivity index is 1.71. The maximum Gasteiger partial charge on any atom is 0.333 e. The van der Waals surface area contributed by atoms with Crippen molar-refractivity contribution in [3.8, 4) is 11.8 Å². The van der Waals surface area contributed by atoms with Crippen LogP contribution in [0.4, 0.5) is 8.78 Å². The maximum absolute atomic E-state index is 13.0. The van der Waals surface area contributed by atoms with E-state index < -0.39 is 18.6 Å². The van der Waals surface area contributed by atoms with Gasteiger partial charge in [-0.25, -0.2) is 4.68 Å². The van der Waals surface area contributed by atoms with Crippen LogP contribution in [0.15, 0.2) is 61.2 Å². The molecule has 3 rings (SSSR count). The van der Waals surface area contributed by atoms with Crippen molar-refractivity contribution in [3.63, 3.8) is 0 Å². The molecule has 0 aliphatic heterocycles. The van der Waals surface area contributed by atoms with Crippen LogP contribution in [0.5, 0.6) is 0 Å². The molecule has 0 bridgehead atoms. The summed E-state index contributed by atoms with van der Waals surface area (Å²) < 4.78 is 31.2. The van der Waals surface area contributed by atoms with Gasteiger partial charge in [0, 0.05) is 37.6 Å². The van der Waals surface area contributed by atoms with Gasteiger partial charge in [-0.15, -0.1) is 0 Å². The van der Waals surface area contributed by atoms with Gasteiger partial charge in [-0.1, -0.05) is 42.2 Å². The topological polar surface area (TPSA) is 103 Å². The summed E-state index contributed by atoms with van der Waals surface area (Å²) in [6.07, 6.45) is 5.04. The van der Waals surface area contributed by atoms with Crippen LogP contribution in [0, 0.1) is 11.8 Å². The summed E-state index contributed by atoms with van der Waals surface area (Å²) in [7, 11) is 1.59. The average Bonchev–Trinajstić information content (AvgIpc) is 3.32. The number of hydrogen-bond acceptors (Lipinski definition) is 6. The first kappa shape index (κ1) is 24.5. The molecule has 1 amide bonds. The van der Waals surface area contributed by atoms with Crippen molar-refractivity contribution in [2.75, 3.05) is 20.1 Å². The Kier molecular flexibility index (Phi) is 8.43. The molecule has 0 radical (unpaired) electrons. The molecule has 0 saturated heterocycles. The van der Waals surface area contributed by atoms with E-state index in [4.69, 9.17) is 10.5 Å². The van der Waals surface area contributed by atoms with Gasteiger partial charge < -0.3 is 15.4 Å². The number of amides is 1. The first-order valence-electron chi connectivity index (χ1n) is 10.3. The van der Waals surface area contributed by atoms with Gasteiger partial charge in [0.2, 0.25) is 0 Å². The van der Waals surface area contributed by atoms with Gasteiger partial charge in [0.25, 0.3) is 5.91 Å². The monoisotopic (exact) mass is 467 g/mol. The number of rotatable bonds is 8. The molecule has 2 N–H and O–H groups in total. The van der Waals surface area contributed by atoms with Crippen LogP contribution >= 0.6 is 0 Å². The first-order valence-corrected chi connectivity index (χ1v) is 10.3. The molecule has 0 unspecified atom stereocenters. The zero-order chi connectivity index (χ0) is 24.5. The Morgan fingerprint density at radius 1 is 1.15 bits per heavy atom. The van der Waals surface area contributed by atoms with Crippen molar-refractivity contribution in [1.82, 2.24) is 19.7 Å². The largest absolute Gasteiger partial charge is 0.459 e. The van der Waals surface area contributed by atoms with Crippen LogP contribution in [0.3, 0.4) is 0 Å². The van der Waals surface area contributed by atoms with Crippen LogP contribution in [0.1, 0.15) is 33.6 Å². The Morgan fingerprint density at radius 3 is 2.56 bits per heavy atom. The summed E-state index contributed by atoms with van der Waals surface area (Å²) >= 11 is 0. The van der Waals surface area contributed by atoms with Crippen molar-refractivity contribution >= 4 is 11.9 Å². The van der Waals surface area contributed by atoms with Gasteiger partial charge in [0.15, 0.2) is 0 Å². The van der Waals surface area contributed by atoms with Crippen LogP contribution in [0.2, 0.25) is 0 Å². The highest BCUT2D eigenvalue weighted by molar-refractivity contribution is 5.94. The van der Waals surface area contributed by atoms with E-state index in [1.54, 1.807) is 13.1 Å². The Bertz CT molecular complexity index is 1190. The van der Waals surface area contributed by atoms with E-state index in [1.807, 2.05) is 30.3 Å². The zero-order valence-corrected chi connectivity index (χ0v) is 18.4. The minimum Gasteiger partial charge on any atom is -0.459 e. The third kappa shape index (κ3) is 6.95. The highest BCUT2D eigenvalue weighted by Crippen LogP contribution is 2.12. The molecular weight excluding hydrogens is 444 g/mol. The molecule has 176 valence electrons. The number of alkyl halides is 2. The number of likely N-dealkylation sites (N-methyl/N-ethyl adjacent to an activating group) is 1. The van der Waals surface area contributed by atoms with Crippen molar-refractivity contribution in [3.05, 3.63) is 83.4 Å². The van der Waals surface area contributed by atoms with Gasteiger partial charge in [0.1, 0.15) is 6.10 Å². The minimum atomic E-state index is -2.75. The molecule has 34 heavy (non-hydrogen) atoms. The second kappa shape index (κ2) is 11.7. The quantitative estimate of drug-likeness (QED) is 0.403. The van der Waals surface area contributed by atoms with Crippen LogP contribution in [-0.2, 0) is 16.0 Å². The predicted octanol–water partition coefficient (Wildman–Crippen LogP) is 2.26. The van der Waals surface area contributed by atoms with Crippen LogP contribution in [-0.4, -0.2) is 57.8 Å². The summed E-state index contributed by atoms with van der Waals surface area (Å²) in [5.74, 6) is 4.60. The maximum atomic E-state index is 13.0. The van der Waals surface area contributed by atoms with E-state index >= 15 is 0 Å². The summed E-state index contributed by atoms with van der Waals surface area (Å²) in [4.78, 5) is 30.2. The summed E-state index contributed by atoms with van der Waals surface area (Å²) in [5, 5.41) is 3.53. The predicted molar refractivity (Wildman–Crippen MR) is 120 cm³/mol. The number of halogens is 2. The fourth-order valence-electron chi connectivity index (χ4n) is 3.14. The summed E-state index contributed by atoms with van der Waals surface area (Å²) in [5.41, 5.74) is 7.35. The molecule has 0 saturated carbocycles. The Hall–Kier alpha value is -4.10. The number of benzene rings is 1. The number of ether oxygens (including phenoxy) is 1. The third-order valence-corrected chi connectivity index (χ3v) is 4.73. The lowest BCUT2D eigenvalue weighted by molar-refractivity contribution is -0.147. The molecule has 1 atom stereocenters. The second-order valence-corrected chi connectivity index (χ2v) is 7.39. The molecule has 0 spiro atoms. The van der Waals surface area contributed by atoms with E-state index in [-0.39, 0.29) is 24.6 Å². The van der Waals surface area contributed by atoms with Gasteiger partial charge in [-0.2, -0.15) is 13.9 Å². The van der Waals surface area contributed by atoms with Crippen molar-refractivity contribution in [2.45, 2.75) is 19.1 Å². The van der Waals surface area contributed by atoms with Crippen molar-refractivity contribution < 1.29 is 23.1 Å². The number of pyridine rings is 1. The number of hydrogen-bond donors (Lipinski definition) is 1. The van der Waals surface area contributed by atoms with E-state index in [0.29, 0.717) is 22.2 Å². The average molecular weight is 467 g/mol. The molecule has 3 aromatic rings. The minimum absolute atomic E-state index is 0.141. The van der Waals surface area contributed by atoms with Gasteiger partial charge in [0.05, 0.1) is 30.4 Å². The van der Waals surface area contributed by atoms with Crippen molar-refractivity contribution in [1.29, 1.82) is 0 Å². The van der Waals surface area contributed by atoms with Crippen molar-refractivity contribution in [2.24, 2.45) is 5.73 Å². The molecule has 0 aliphatic carbocycles. The molecule has 2 heterocycles. The number of aromatic nitrogens is 3. The number of nitrogens with two attached hydrogens (primary N) is 1. The highest BCUT2D eigenvalue weighted by Gasteiger charge is 2.21. The number of carbonyl (C=O) groups is 2. The lowest BCUT2D eigenvalue weighted by atomic mass is 10.1. The zero-order valence-electron chi connectivity index (χ0n) is 18.4. The van der Waals surface area contributed by atoms with Crippen LogP contribution in [0.25, 0.3) is 0 Å². The summed E-state index contributed by atoms with van der Waals surface area (Å²) in [6, 6.07) is 11.0. The molecule has 0 fully saturated rings. The van der Waals surface area contributed by atoms with E-state index in [1.165, 1.54) is 23.5 Å². The molecule has 2 aromatic heterocycles. The molecule has 8 nitrogen and oxygen atoms in total. The fourth-order valence-corrected chi connectivity index (χ4v) is 3.14. The van der Waals surface area contributed by atoms with Crippen LogP contribution < -0.4 is 5.73 Å². The lowest BCUT2D eigenvalue weighted by Crippen LogP contribution is -2.38. The van der Waals surface area contributed by atoms with E-state index in [2.05, 4.69) is 21.9 Å². The standard InChI is InChI=1S/C24H23F2N5O3/c1-30(16-21(34-22(32)11-27)10-17-5-3-2-4-6-17)23(33)20-9-18(12-28-14-20)7-8-19-13-29-31(15-19)24(25)26/h2-6,9,12-15,21,24H,10-11,16,27H2,1H3/t21-/m0/s1. The smallest absolute Gasteiger partial charge is 0.333 e.